The van der Waals surface area contributed by atoms with Gasteiger partial charge >= 0.3 is 0 Å². The minimum Gasteiger partial charge on any atom is -0.507 e. The van der Waals surface area contributed by atoms with Gasteiger partial charge in [0.25, 0.3) is 11.7 Å². The Bertz CT molecular complexity index is 1300. The zero-order valence-corrected chi connectivity index (χ0v) is 21.7. The molecule has 8 heteroatoms. The number of hydrogen-bond acceptors (Lipinski definition) is 7. The molecule has 0 spiro atoms. The smallest absolute Gasteiger partial charge is 0.295 e. The SMILES string of the molecule is COCCCN1C(=O)C(=O)/C(=C(/O)c2ccc(OC)c(OC)c2)C1c1ccc(OCc2ccccc2)cc1. The number of hydrogen-bond donors (Lipinski definition) is 1. The first-order valence-electron chi connectivity index (χ1n) is 12.2. The Kier molecular flexibility index (Phi) is 8.66. The van der Waals surface area contributed by atoms with Gasteiger partial charge in [-0.05, 0) is 47.9 Å². The number of aliphatic hydroxyl groups excluding tert-OH is 1. The fraction of sp³-hybridized carbons (Fsp3) is 0.267. The molecule has 0 saturated carbocycles. The first-order valence-corrected chi connectivity index (χ1v) is 12.2. The molecular formula is C30H31NO7. The number of nitrogens with zero attached hydrogens (tertiary/aromatic N) is 1. The van der Waals surface area contributed by atoms with Gasteiger partial charge in [-0.3, -0.25) is 9.59 Å². The van der Waals surface area contributed by atoms with E-state index in [-0.39, 0.29) is 17.9 Å². The summed E-state index contributed by atoms with van der Waals surface area (Å²) in [5, 5.41) is 11.3. The highest BCUT2D eigenvalue weighted by molar-refractivity contribution is 6.46. The van der Waals surface area contributed by atoms with Gasteiger partial charge in [-0.2, -0.15) is 0 Å². The Morgan fingerprint density at radius 1 is 0.895 bits per heavy atom. The maximum atomic E-state index is 13.2. The largest absolute Gasteiger partial charge is 0.507 e. The van der Waals surface area contributed by atoms with Crippen LogP contribution in [0.2, 0.25) is 0 Å². The van der Waals surface area contributed by atoms with Crippen molar-refractivity contribution in [3.05, 3.63) is 95.1 Å². The average Bonchev–Trinajstić information content (AvgIpc) is 3.21. The molecule has 1 unspecified atom stereocenters. The van der Waals surface area contributed by atoms with Crippen molar-refractivity contribution in [3.8, 4) is 17.2 Å². The van der Waals surface area contributed by atoms with E-state index in [1.807, 2.05) is 42.5 Å². The lowest BCUT2D eigenvalue weighted by atomic mass is 9.95. The van der Waals surface area contributed by atoms with Gasteiger partial charge in [-0.15, -0.1) is 0 Å². The first-order chi connectivity index (χ1) is 18.5. The summed E-state index contributed by atoms with van der Waals surface area (Å²) < 4.78 is 21.7. The zero-order chi connectivity index (χ0) is 27.1. The Hall–Kier alpha value is -4.30. The van der Waals surface area contributed by atoms with Crippen molar-refractivity contribution in [3.63, 3.8) is 0 Å². The number of ketones is 1. The fourth-order valence-electron chi connectivity index (χ4n) is 4.46. The summed E-state index contributed by atoms with van der Waals surface area (Å²) in [6, 6.07) is 21.1. The third-order valence-electron chi connectivity index (χ3n) is 6.39. The molecule has 3 aromatic rings. The lowest BCUT2D eigenvalue weighted by molar-refractivity contribution is -0.140. The molecule has 1 saturated heterocycles. The number of carbonyl (C=O) groups is 2. The first kappa shape index (κ1) is 26.8. The minimum absolute atomic E-state index is 0.0117. The third-order valence-corrected chi connectivity index (χ3v) is 6.39. The molecular weight excluding hydrogens is 486 g/mol. The molecule has 1 N–H and O–H groups in total. The molecule has 3 aromatic carbocycles. The maximum Gasteiger partial charge on any atom is 0.295 e. The van der Waals surface area contributed by atoms with E-state index in [9.17, 15) is 14.7 Å². The summed E-state index contributed by atoms with van der Waals surface area (Å²) in [7, 11) is 4.57. The molecule has 1 aliphatic heterocycles. The van der Waals surface area contributed by atoms with Gasteiger partial charge in [0, 0.05) is 25.8 Å². The van der Waals surface area contributed by atoms with Gasteiger partial charge in [-0.25, -0.2) is 0 Å². The number of Topliss-reactive ketones (excluding diaryl/α,β-unsaturated/α-hetero) is 1. The van der Waals surface area contributed by atoms with E-state index >= 15 is 0 Å². The molecule has 0 aromatic heterocycles. The van der Waals surface area contributed by atoms with Crippen molar-refractivity contribution in [2.45, 2.75) is 19.1 Å². The standard InChI is InChI=1S/C30H31NO7/c1-35-17-7-16-31-27(21-10-13-23(14-11-21)38-19-20-8-5-4-6-9-20)26(29(33)30(31)34)28(32)22-12-15-24(36-2)25(18-22)37-3/h4-6,8-15,18,27,32H,7,16-17,19H2,1-3H3/b28-26+. The molecule has 1 amide bonds. The van der Waals surface area contributed by atoms with Crippen LogP contribution in [0.15, 0.2) is 78.4 Å². The summed E-state index contributed by atoms with van der Waals surface area (Å²) in [6.45, 7) is 1.13. The van der Waals surface area contributed by atoms with Crippen LogP contribution < -0.4 is 14.2 Å². The number of ether oxygens (including phenoxy) is 4. The highest BCUT2D eigenvalue weighted by atomic mass is 16.5. The number of carbonyl (C=O) groups excluding carboxylic acids is 2. The predicted molar refractivity (Wildman–Crippen MR) is 142 cm³/mol. The maximum absolute atomic E-state index is 13.2. The van der Waals surface area contributed by atoms with Crippen LogP contribution in [0, 0.1) is 0 Å². The van der Waals surface area contributed by atoms with Crippen molar-refractivity contribution in [1.82, 2.24) is 4.90 Å². The van der Waals surface area contributed by atoms with E-state index in [4.69, 9.17) is 18.9 Å². The lowest BCUT2D eigenvalue weighted by Gasteiger charge is -2.25. The third kappa shape index (κ3) is 5.65. The Balaban J connectivity index is 1.70. The van der Waals surface area contributed by atoms with Crippen molar-refractivity contribution in [2.75, 3.05) is 34.5 Å². The Morgan fingerprint density at radius 2 is 1.61 bits per heavy atom. The number of amides is 1. The summed E-state index contributed by atoms with van der Waals surface area (Å²) in [5.74, 6) is -0.183. The van der Waals surface area contributed by atoms with E-state index in [1.165, 1.54) is 19.1 Å². The molecule has 1 fully saturated rings. The van der Waals surface area contributed by atoms with Crippen molar-refractivity contribution < 1.29 is 33.6 Å². The second kappa shape index (κ2) is 12.3. The average molecular weight is 518 g/mol. The monoisotopic (exact) mass is 517 g/mol. The number of aliphatic hydroxyl groups is 1. The van der Waals surface area contributed by atoms with E-state index in [0.717, 1.165) is 5.56 Å². The normalized spacial score (nSPS) is 16.5. The highest BCUT2D eigenvalue weighted by Gasteiger charge is 2.45. The Morgan fingerprint density at radius 3 is 2.26 bits per heavy atom. The van der Waals surface area contributed by atoms with E-state index in [1.54, 1.807) is 37.4 Å². The molecule has 0 radical (unpaired) electrons. The van der Waals surface area contributed by atoms with Crippen LogP contribution in [-0.4, -0.2) is 56.2 Å². The molecule has 1 heterocycles. The number of likely N-dealkylation sites (tertiary alicyclic amines) is 1. The summed E-state index contributed by atoms with van der Waals surface area (Å²) >= 11 is 0. The highest BCUT2D eigenvalue weighted by Crippen LogP contribution is 2.41. The van der Waals surface area contributed by atoms with Gasteiger partial charge in [0.05, 0.1) is 25.8 Å². The number of methoxy groups -OCH3 is 3. The fourth-order valence-corrected chi connectivity index (χ4v) is 4.46. The van der Waals surface area contributed by atoms with Crippen LogP contribution in [0.25, 0.3) is 5.76 Å². The van der Waals surface area contributed by atoms with Crippen molar-refractivity contribution >= 4 is 17.4 Å². The van der Waals surface area contributed by atoms with Gasteiger partial charge in [0.2, 0.25) is 0 Å². The van der Waals surface area contributed by atoms with Crippen molar-refractivity contribution in [2.24, 2.45) is 0 Å². The Labute approximate surface area is 222 Å². The van der Waals surface area contributed by atoms with E-state index < -0.39 is 17.7 Å². The zero-order valence-electron chi connectivity index (χ0n) is 21.7. The quantitative estimate of drug-likeness (QED) is 0.170. The topological polar surface area (TPSA) is 94.5 Å². The lowest BCUT2D eigenvalue weighted by Crippen LogP contribution is -2.31. The second-order valence-electron chi connectivity index (χ2n) is 8.75. The van der Waals surface area contributed by atoms with Crippen LogP contribution >= 0.6 is 0 Å². The van der Waals surface area contributed by atoms with Crippen molar-refractivity contribution in [1.29, 1.82) is 0 Å². The molecule has 0 bridgehead atoms. The van der Waals surface area contributed by atoms with Crippen LogP contribution in [0.4, 0.5) is 0 Å². The number of rotatable bonds is 11. The van der Waals surface area contributed by atoms with Gasteiger partial charge in [0.1, 0.15) is 18.1 Å². The predicted octanol–water partition coefficient (Wildman–Crippen LogP) is 4.74. The van der Waals surface area contributed by atoms with Crippen LogP contribution in [0.5, 0.6) is 17.2 Å². The van der Waals surface area contributed by atoms with Crippen LogP contribution in [0.1, 0.15) is 29.2 Å². The molecule has 0 aliphatic carbocycles. The molecule has 198 valence electrons. The summed E-state index contributed by atoms with van der Waals surface area (Å²) in [4.78, 5) is 27.8. The van der Waals surface area contributed by atoms with Gasteiger partial charge in [0.15, 0.2) is 11.5 Å². The van der Waals surface area contributed by atoms with E-state index in [2.05, 4.69) is 0 Å². The molecule has 38 heavy (non-hydrogen) atoms. The van der Waals surface area contributed by atoms with E-state index in [0.29, 0.717) is 48.0 Å². The molecule has 8 nitrogen and oxygen atoms in total. The van der Waals surface area contributed by atoms with Gasteiger partial charge in [-0.1, -0.05) is 42.5 Å². The summed E-state index contributed by atoms with van der Waals surface area (Å²) in [6.07, 6.45) is 0.536. The minimum atomic E-state index is -0.775. The van der Waals surface area contributed by atoms with Gasteiger partial charge < -0.3 is 29.0 Å². The molecule has 1 aliphatic rings. The summed E-state index contributed by atoms with van der Waals surface area (Å²) in [5.41, 5.74) is 2.07. The molecule has 1 atom stereocenters. The number of benzene rings is 3. The molecule has 4 rings (SSSR count). The van der Waals surface area contributed by atoms with Crippen LogP contribution in [-0.2, 0) is 20.9 Å². The second-order valence-corrected chi connectivity index (χ2v) is 8.75. The van der Waals surface area contributed by atoms with Crippen LogP contribution in [0.3, 0.4) is 0 Å².